The first-order chi connectivity index (χ1) is 4.66. The second-order valence-corrected chi connectivity index (χ2v) is 1.81. The van der Waals surface area contributed by atoms with E-state index in [0.29, 0.717) is 18.9 Å². The van der Waals surface area contributed by atoms with Crippen LogP contribution in [0.3, 0.4) is 0 Å². The van der Waals surface area contributed by atoms with Crippen molar-refractivity contribution in [3.8, 4) is 0 Å². The van der Waals surface area contributed by atoms with Gasteiger partial charge in [-0.1, -0.05) is 0 Å². The zero-order valence-corrected chi connectivity index (χ0v) is 6.02. The molecule has 0 unspecified atom stereocenters. The van der Waals surface area contributed by atoms with Crippen molar-refractivity contribution < 1.29 is 0 Å². The number of guanidine groups is 1. The molecule has 5 heteroatoms. The minimum Gasteiger partial charge on any atom is -0.388 e. The zero-order valence-electron chi connectivity index (χ0n) is 6.02. The Labute approximate surface area is 60.0 Å². The van der Waals surface area contributed by atoms with Crippen molar-refractivity contribution in [2.45, 2.75) is 6.42 Å². The van der Waals surface area contributed by atoms with E-state index < -0.39 is 0 Å². The van der Waals surface area contributed by atoms with E-state index in [-0.39, 0.29) is 5.84 Å². The van der Waals surface area contributed by atoms with Gasteiger partial charge in [-0.3, -0.25) is 10.4 Å². The van der Waals surface area contributed by atoms with Crippen LogP contribution >= 0.6 is 0 Å². The molecule has 0 aromatic rings. The topological polar surface area (TPSA) is 100 Å². The van der Waals surface area contributed by atoms with Gasteiger partial charge in [0.2, 0.25) is 0 Å². The summed E-state index contributed by atoms with van der Waals surface area (Å²) in [6, 6.07) is 0. The first kappa shape index (κ1) is 8.74. The van der Waals surface area contributed by atoms with Crippen molar-refractivity contribution in [3.05, 3.63) is 0 Å². The predicted octanol–water partition coefficient (Wildman–Crippen LogP) is -1.15. The minimum atomic E-state index is 0.149. The SMILES string of the molecule is CN=C(N)NCCC(=N)N. The van der Waals surface area contributed by atoms with Gasteiger partial charge in [-0.15, -0.1) is 0 Å². The molecule has 6 N–H and O–H groups in total. The highest BCUT2D eigenvalue weighted by atomic mass is 15.1. The van der Waals surface area contributed by atoms with Gasteiger partial charge in [0.05, 0.1) is 5.84 Å². The van der Waals surface area contributed by atoms with Crippen LogP contribution in [0.25, 0.3) is 0 Å². The van der Waals surface area contributed by atoms with Gasteiger partial charge >= 0.3 is 0 Å². The van der Waals surface area contributed by atoms with E-state index in [4.69, 9.17) is 16.9 Å². The highest BCUT2D eigenvalue weighted by molar-refractivity contribution is 5.80. The summed E-state index contributed by atoms with van der Waals surface area (Å²) in [5, 5.41) is 9.62. The Morgan fingerprint density at radius 2 is 2.20 bits per heavy atom. The lowest BCUT2D eigenvalue weighted by Crippen LogP contribution is -2.33. The Balaban J connectivity index is 3.29. The van der Waals surface area contributed by atoms with Crippen molar-refractivity contribution in [3.63, 3.8) is 0 Å². The third kappa shape index (κ3) is 4.89. The largest absolute Gasteiger partial charge is 0.388 e. The second kappa shape index (κ2) is 4.60. The average molecular weight is 143 g/mol. The summed E-state index contributed by atoms with van der Waals surface area (Å²) in [5.74, 6) is 0.526. The fraction of sp³-hybridized carbons (Fsp3) is 0.600. The quantitative estimate of drug-likeness (QED) is 0.296. The maximum atomic E-state index is 6.85. The number of hydrogen-bond acceptors (Lipinski definition) is 2. The van der Waals surface area contributed by atoms with E-state index in [1.54, 1.807) is 7.05 Å². The number of amidine groups is 1. The minimum absolute atomic E-state index is 0.149. The number of aliphatic imine (C=N–C) groups is 1. The van der Waals surface area contributed by atoms with Crippen molar-refractivity contribution in [1.82, 2.24) is 5.32 Å². The van der Waals surface area contributed by atoms with Crippen molar-refractivity contribution in [2.75, 3.05) is 13.6 Å². The van der Waals surface area contributed by atoms with Gasteiger partial charge in [0.25, 0.3) is 0 Å². The average Bonchev–Trinajstić information content (AvgIpc) is 1.87. The van der Waals surface area contributed by atoms with Crippen LogP contribution in [0, 0.1) is 5.41 Å². The molecule has 0 atom stereocenters. The Bertz CT molecular complexity index is 139. The molecule has 0 saturated heterocycles. The lowest BCUT2D eigenvalue weighted by Gasteiger charge is -2.01. The van der Waals surface area contributed by atoms with Crippen LogP contribution in [-0.2, 0) is 0 Å². The number of nitrogens with zero attached hydrogens (tertiary/aromatic N) is 1. The number of rotatable bonds is 3. The molecule has 5 nitrogen and oxygen atoms in total. The van der Waals surface area contributed by atoms with Crippen LogP contribution in [0.5, 0.6) is 0 Å². The maximum Gasteiger partial charge on any atom is 0.188 e. The van der Waals surface area contributed by atoms with Gasteiger partial charge in [0, 0.05) is 20.0 Å². The normalized spacial score (nSPS) is 11.1. The van der Waals surface area contributed by atoms with Gasteiger partial charge < -0.3 is 16.8 Å². The molecule has 0 aromatic heterocycles. The first-order valence-electron chi connectivity index (χ1n) is 2.96. The fourth-order valence-electron chi connectivity index (χ4n) is 0.404. The summed E-state index contributed by atoms with van der Waals surface area (Å²) in [4.78, 5) is 3.66. The van der Waals surface area contributed by atoms with E-state index >= 15 is 0 Å². The summed E-state index contributed by atoms with van der Waals surface area (Å²) in [6.07, 6.45) is 0.496. The van der Waals surface area contributed by atoms with Crippen LogP contribution in [0.15, 0.2) is 4.99 Å². The molecule has 58 valence electrons. The smallest absolute Gasteiger partial charge is 0.188 e. The maximum absolute atomic E-state index is 6.85. The Morgan fingerprint density at radius 1 is 1.60 bits per heavy atom. The number of nitrogens with two attached hydrogens (primary N) is 2. The number of hydrogen-bond donors (Lipinski definition) is 4. The molecule has 0 bridgehead atoms. The molecular weight excluding hydrogens is 130 g/mol. The van der Waals surface area contributed by atoms with Gasteiger partial charge in [-0.2, -0.15) is 0 Å². The molecule has 0 aliphatic heterocycles. The van der Waals surface area contributed by atoms with E-state index in [2.05, 4.69) is 10.3 Å². The van der Waals surface area contributed by atoms with E-state index in [1.807, 2.05) is 0 Å². The Hall–Kier alpha value is -1.26. The molecule has 0 aliphatic rings. The molecule has 0 spiro atoms. The van der Waals surface area contributed by atoms with E-state index in [9.17, 15) is 0 Å². The summed E-state index contributed by atoms with van der Waals surface area (Å²) in [6.45, 7) is 0.568. The van der Waals surface area contributed by atoms with Crippen LogP contribution in [-0.4, -0.2) is 25.4 Å². The molecule has 0 aromatic carbocycles. The summed E-state index contributed by atoms with van der Waals surface area (Å²) in [5.41, 5.74) is 10.4. The van der Waals surface area contributed by atoms with Crippen LogP contribution in [0.2, 0.25) is 0 Å². The van der Waals surface area contributed by atoms with Crippen molar-refractivity contribution >= 4 is 11.8 Å². The van der Waals surface area contributed by atoms with Crippen molar-refractivity contribution in [1.29, 1.82) is 5.41 Å². The lowest BCUT2D eigenvalue weighted by molar-refractivity contribution is 0.891. The Kier molecular flexibility index (Phi) is 4.02. The third-order valence-corrected chi connectivity index (χ3v) is 0.941. The molecule has 0 radical (unpaired) electrons. The molecule has 0 amide bonds. The standard InChI is InChI=1S/C5H13N5/c1-9-5(8)10-3-2-4(6)7/h2-3H2,1H3,(H3,6,7)(H3,8,9,10). The van der Waals surface area contributed by atoms with Crippen LogP contribution in [0.1, 0.15) is 6.42 Å². The highest BCUT2D eigenvalue weighted by Gasteiger charge is 1.89. The molecule has 0 heterocycles. The van der Waals surface area contributed by atoms with E-state index in [0.717, 1.165) is 0 Å². The molecule has 0 saturated carbocycles. The van der Waals surface area contributed by atoms with Crippen LogP contribution in [0.4, 0.5) is 0 Å². The summed E-state index contributed by atoms with van der Waals surface area (Å²) in [7, 11) is 1.59. The van der Waals surface area contributed by atoms with Crippen molar-refractivity contribution in [2.24, 2.45) is 16.5 Å². The van der Waals surface area contributed by atoms with Gasteiger partial charge in [-0.25, -0.2) is 0 Å². The highest BCUT2D eigenvalue weighted by Crippen LogP contribution is 1.71. The van der Waals surface area contributed by atoms with Gasteiger partial charge in [0.1, 0.15) is 0 Å². The van der Waals surface area contributed by atoms with E-state index in [1.165, 1.54) is 0 Å². The molecule has 0 rings (SSSR count). The first-order valence-corrected chi connectivity index (χ1v) is 2.96. The molecule has 0 aliphatic carbocycles. The fourth-order valence-corrected chi connectivity index (χ4v) is 0.404. The second-order valence-electron chi connectivity index (χ2n) is 1.81. The monoisotopic (exact) mass is 143 g/mol. The van der Waals surface area contributed by atoms with Gasteiger partial charge in [-0.05, 0) is 0 Å². The number of nitrogens with one attached hydrogen (secondary N) is 2. The van der Waals surface area contributed by atoms with Crippen LogP contribution < -0.4 is 16.8 Å². The molecular formula is C5H13N5. The third-order valence-electron chi connectivity index (χ3n) is 0.941. The molecule has 0 fully saturated rings. The Morgan fingerprint density at radius 3 is 2.60 bits per heavy atom. The lowest BCUT2D eigenvalue weighted by atomic mass is 10.4. The summed E-state index contributed by atoms with van der Waals surface area (Å²) < 4.78 is 0. The zero-order chi connectivity index (χ0) is 7.98. The summed E-state index contributed by atoms with van der Waals surface area (Å²) >= 11 is 0. The predicted molar refractivity (Wildman–Crippen MR) is 42.1 cm³/mol. The van der Waals surface area contributed by atoms with Gasteiger partial charge in [0.15, 0.2) is 5.96 Å². The molecule has 10 heavy (non-hydrogen) atoms.